The number of nitrogens with zero attached hydrogens (tertiary/aromatic N) is 3. The molecule has 158 valence electrons. The number of aromatic nitrogens is 2. The van der Waals surface area contributed by atoms with Crippen LogP contribution in [0.25, 0.3) is 0 Å². The normalized spacial score (nSPS) is 13.3. The van der Waals surface area contributed by atoms with E-state index in [1.165, 1.54) is 36.4 Å². The molecule has 0 bridgehead atoms. The van der Waals surface area contributed by atoms with E-state index in [0.29, 0.717) is 0 Å². The van der Waals surface area contributed by atoms with E-state index in [-0.39, 0.29) is 20.0 Å². The fourth-order valence-corrected chi connectivity index (χ4v) is 5.06. The Morgan fingerprint density at radius 3 is 2.07 bits per heavy atom. The third-order valence-corrected chi connectivity index (χ3v) is 7.45. The van der Waals surface area contributed by atoms with Gasteiger partial charge in [0.1, 0.15) is 12.4 Å². The predicted octanol–water partition coefficient (Wildman–Crippen LogP) is 0.597. The van der Waals surface area contributed by atoms with Crippen LogP contribution in [-0.2, 0) is 31.3 Å². The second kappa shape index (κ2) is 8.36. The van der Waals surface area contributed by atoms with Gasteiger partial charge in [0, 0.05) is 12.6 Å². The Balaban J connectivity index is 1.88. The number of hydrogen-bond acceptors (Lipinski definition) is 7. The van der Waals surface area contributed by atoms with Crippen LogP contribution in [0.2, 0.25) is 0 Å². The largest absolute Gasteiger partial charge is 0.368 e. The van der Waals surface area contributed by atoms with Crippen LogP contribution in [0.4, 0.5) is 0 Å². The first-order valence-corrected chi connectivity index (χ1v) is 11.4. The Morgan fingerprint density at radius 2 is 1.53 bits per heavy atom. The van der Waals surface area contributed by atoms with Crippen molar-refractivity contribution < 1.29 is 26.8 Å². The SMILES string of the molecule is NC(=O)C(Cc1cn(S(=O)(=O)c2ccccc2)cn1)N(O)S(=O)(=O)c1ccccc1. The standard InChI is InChI=1S/C18H18N4O6S2/c19-18(23)17(22(24)30(27,28)16-9-5-2-6-10-16)11-14-12-21(13-20-14)29(25,26)15-7-3-1-4-8-15/h1-10,12-13,17,24H,11H2,(H2,19,23). The van der Waals surface area contributed by atoms with Gasteiger partial charge >= 0.3 is 0 Å². The number of imidazole rings is 1. The summed E-state index contributed by atoms with van der Waals surface area (Å²) in [5, 5.41) is 10.3. The maximum Gasteiger partial charge on any atom is 0.268 e. The number of amides is 1. The average molecular weight is 450 g/mol. The molecular formula is C18H18N4O6S2. The number of carbonyl (C=O) groups is 1. The smallest absolute Gasteiger partial charge is 0.268 e. The molecule has 1 aromatic heterocycles. The molecule has 0 aliphatic heterocycles. The highest BCUT2D eigenvalue weighted by atomic mass is 32.2. The van der Waals surface area contributed by atoms with Crippen molar-refractivity contribution in [1.82, 2.24) is 13.4 Å². The van der Waals surface area contributed by atoms with Crippen LogP contribution in [0.1, 0.15) is 5.69 Å². The second-order valence-corrected chi connectivity index (χ2v) is 9.86. The van der Waals surface area contributed by atoms with E-state index in [9.17, 15) is 26.8 Å². The van der Waals surface area contributed by atoms with Gasteiger partial charge in [0.25, 0.3) is 20.0 Å². The monoisotopic (exact) mass is 450 g/mol. The van der Waals surface area contributed by atoms with Crippen LogP contribution >= 0.6 is 0 Å². The lowest BCUT2D eigenvalue weighted by Crippen LogP contribution is -2.47. The lowest BCUT2D eigenvalue weighted by atomic mass is 10.2. The summed E-state index contributed by atoms with van der Waals surface area (Å²) in [6, 6.07) is 12.9. The van der Waals surface area contributed by atoms with E-state index < -0.39 is 38.4 Å². The first-order valence-electron chi connectivity index (χ1n) is 8.55. The molecule has 12 heteroatoms. The van der Waals surface area contributed by atoms with Crippen LogP contribution in [-0.4, -0.2) is 47.4 Å². The highest BCUT2D eigenvalue weighted by Gasteiger charge is 2.34. The van der Waals surface area contributed by atoms with Gasteiger partial charge in [-0.2, -0.15) is 0 Å². The summed E-state index contributed by atoms with van der Waals surface area (Å²) >= 11 is 0. The minimum Gasteiger partial charge on any atom is -0.368 e. The van der Waals surface area contributed by atoms with Gasteiger partial charge < -0.3 is 5.73 Å². The first kappa shape index (κ1) is 21.6. The van der Waals surface area contributed by atoms with Crippen molar-refractivity contribution in [3.05, 3.63) is 78.9 Å². The quantitative estimate of drug-likeness (QED) is 0.476. The highest BCUT2D eigenvalue weighted by molar-refractivity contribution is 7.90. The Labute approximate surface area is 173 Å². The molecule has 1 atom stereocenters. The molecule has 3 rings (SSSR count). The number of carbonyl (C=O) groups excluding carboxylic acids is 1. The van der Waals surface area contributed by atoms with E-state index in [2.05, 4.69) is 4.98 Å². The van der Waals surface area contributed by atoms with Crippen LogP contribution in [0.3, 0.4) is 0 Å². The number of nitrogens with two attached hydrogens (primary N) is 1. The maximum absolute atomic E-state index is 12.6. The van der Waals surface area contributed by atoms with Crippen molar-refractivity contribution in [3.63, 3.8) is 0 Å². The molecule has 3 aromatic rings. The first-order chi connectivity index (χ1) is 14.1. The molecule has 1 heterocycles. The molecule has 0 aliphatic rings. The van der Waals surface area contributed by atoms with Crippen molar-refractivity contribution in [2.24, 2.45) is 5.73 Å². The van der Waals surface area contributed by atoms with Crippen molar-refractivity contribution in [3.8, 4) is 0 Å². The van der Waals surface area contributed by atoms with Gasteiger partial charge in [-0.15, -0.1) is 0 Å². The zero-order valence-corrected chi connectivity index (χ0v) is 17.1. The Hall–Kier alpha value is -3.06. The average Bonchev–Trinajstić information content (AvgIpc) is 3.22. The van der Waals surface area contributed by atoms with E-state index in [4.69, 9.17) is 5.73 Å². The molecule has 0 spiro atoms. The van der Waals surface area contributed by atoms with Crippen molar-refractivity contribution >= 4 is 26.0 Å². The zero-order chi connectivity index (χ0) is 21.9. The van der Waals surface area contributed by atoms with Crippen LogP contribution in [0.15, 0.2) is 83.0 Å². The number of hydroxylamine groups is 1. The molecule has 0 radical (unpaired) electrons. The van der Waals surface area contributed by atoms with Gasteiger partial charge in [0.05, 0.1) is 15.5 Å². The number of rotatable bonds is 8. The minimum atomic E-state index is -4.43. The summed E-state index contributed by atoms with van der Waals surface area (Å²) in [5.74, 6) is -1.13. The van der Waals surface area contributed by atoms with E-state index in [1.807, 2.05) is 0 Å². The van der Waals surface area contributed by atoms with Gasteiger partial charge in [0.15, 0.2) is 0 Å². The second-order valence-electron chi connectivity index (χ2n) is 6.23. The van der Waals surface area contributed by atoms with Crippen LogP contribution < -0.4 is 5.73 Å². The molecule has 0 saturated carbocycles. The van der Waals surface area contributed by atoms with Crippen LogP contribution in [0.5, 0.6) is 0 Å². The lowest BCUT2D eigenvalue weighted by Gasteiger charge is -2.22. The summed E-state index contributed by atoms with van der Waals surface area (Å²) < 4.78 is 51.1. The molecular weight excluding hydrogens is 432 g/mol. The van der Waals surface area contributed by atoms with Crippen molar-refractivity contribution in [2.45, 2.75) is 22.3 Å². The number of hydrogen-bond donors (Lipinski definition) is 2. The highest BCUT2D eigenvalue weighted by Crippen LogP contribution is 2.19. The third-order valence-electron chi connectivity index (χ3n) is 4.22. The molecule has 1 unspecified atom stereocenters. The molecule has 10 nitrogen and oxygen atoms in total. The maximum atomic E-state index is 12.6. The molecule has 1 amide bonds. The van der Waals surface area contributed by atoms with Crippen molar-refractivity contribution in [1.29, 1.82) is 0 Å². The van der Waals surface area contributed by atoms with E-state index >= 15 is 0 Å². The summed E-state index contributed by atoms with van der Waals surface area (Å²) in [6.07, 6.45) is 1.71. The summed E-state index contributed by atoms with van der Waals surface area (Å²) in [4.78, 5) is 15.5. The molecule has 2 aromatic carbocycles. The summed E-state index contributed by atoms with van der Waals surface area (Å²) in [5.41, 5.74) is 5.33. The molecule has 0 saturated heterocycles. The Morgan fingerprint density at radius 1 is 1.00 bits per heavy atom. The lowest BCUT2D eigenvalue weighted by molar-refractivity contribution is -0.131. The summed E-state index contributed by atoms with van der Waals surface area (Å²) in [7, 11) is -8.35. The van der Waals surface area contributed by atoms with Gasteiger partial charge in [0.2, 0.25) is 5.91 Å². The molecule has 3 N–H and O–H groups in total. The van der Waals surface area contributed by atoms with Crippen LogP contribution in [0, 0.1) is 0 Å². The topological polar surface area (TPSA) is 153 Å². The van der Waals surface area contributed by atoms with Gasteiger partial charge in [-0.1, -0.05) is 40.9 Å². The predicted molar refractivity (Wildman–Crippen MR) is 105 cm³/mol. The minimum absolute atomic E-state index is 0.0239. The number of sulfonamides is 1. The Bertz CT molecular complexity index is 1240. The Kier molecular flexibility index (Phi) is 6.03. The number of benzene rings is 2. The van der Waals surface area contributed by atoms with Crippen molar-refractivity contribution in [2.75, 3.05) is 0 Å². The fourth-order valence-electron chi connectivity index (χ4n) is 2.65. The van der Waals surface area contributed by atoms with Gasteiger partial charge in [-0.3, -0.25) is 10.0 Å². The zero-order valence-electron chi connectivity index (χ0n) is 15.4. The van der Waals surface area contributed by atoms with Gasteiger partial charge in [-0.05, 0) is 24.3 Å². The molecule has 0 fully saturated rings. The van der Waals surface area contributed by atoms with Gasteiger partial charge in [-0.25, -0.2) is 25.8 Å². The van der Waals surface area contributed by atoms with E-state index in [1.54, 1.807) is 24.3 Å². The summed E-state index contributed by atoms with van der Waals surface area (Å²) in [6.45, 7) is 0. The fraction of sp³-hybridized carbons (Fsp3) is 0.111. The van der Waals surface area contributed by atoms with E-state index in [0.717, 1.165) is 16.5 Å². The molecule has 0 aliphatic carbocycles. The molecule has 30 heavy (non-hydrogen) atoms. The number of primary amides is 1. The third kappa shape index (κ3) is 4.26.